The molecular formula is C18H18O4. The zero-order valence-electron chi connectivity index (χ0n) is 12.6. The molecule has 2 aliphatic rings. The zero-order valence-corrected chi connectivity index (χ0v) is 12.6. The molecule has 1 fully saturated rings. The maximum Gasteiger partial charge on any atom is 0.344 e. The molecule has 0 amide bonds. The van der Waals surface area contributed by atoms with E-state index in [0.717, 1.165) is 36.8 Å². The lowest BCUT2D eigenvalue weighted by Gasteiger charge is -2.15. The van der Waals surface area contributed by atoms with Crippen molar-refractivity contribution >= 4 is 17.5 Å². The highest BCUT2D eigenvalue weighted by Gasteiger charge is 2.31. The van der Waals surface area contributed by atoms with Gasteiger partial charge in [-0.15, -0.1) is 0 Å². The highest BCUT2D eigenvalue weighted by molar-refractivity contribution is 6.22. The smallest absolute Gasteiger partial charge is 0.344 e. The third-order valence-electron chi connectivity index (χ3n) is 4.00. The van der Waals surface area contributed by atoms with Crippen LogP contribution in [-0.2, 0) is 9.59 Å². The fraction of sp³-hybridized carbons (Fsp3) is 0.333. The van der Waals surface area contributed by atoms with Gasteiger partial charge in [0.1, 0.15) is 11.5 Å². The van der Waals surface area contributed by atoms with Crippen LogP contribution in [0.15, 0.2) is 35.9 Å². The normalized spacial score (nSPS) is 17.0. The van der Waals surface area contributed by atoms with E-state index >= 15 is 0 Å². The molecule has 1 heterocycles. The highest BCUT2D eigenvalue weighted by atomic mass is 16.5. The van der Waals surface area contributed by atoms with Crippen molar-refractivity contribution in [1.29, 1.82) is 0 Å². The van der Waals surface area contributed by atoms with Gasteiger partial charge in [-0.05, 0) is 50.8 Å². The van der Waals surface area contributed by atoms with Crippen molar-refractivity contribution in [1.82, 2.24) is 0 Å². The summed E-state index contributed by atoms with van der Waals surface area (Å²) < 4.78 is 10.6. The van der Waals surface area contributed by atoms with Crippen molar-refractivity contribution in [3.05, 3.63) is 41.5 Å². The molecule has 0 atom stereocenters. The van der Waals surface area contributed by atoms with Crippen LogP contribution >= 0.6 is 0 Å². The van der Waals surface area contributed by atoms with Crippen molar-refractivity contribution in [2.45, 2.75) is 39.0 Å². The maximum absolute atomic E-state index is 12.2. The first-order valence-corrected chi connectivity index (χ1v) is 7.52. The lowest BCUT2D eigenvalue weighted by molar-refractivity contribution is -0.130. The Morgan fingerprint density at radius 2 is 1.95 bits per heavy atom. The number of rotatable bonds is 2. The number of esters is 2. The van der Waals surface area contributed by atoms with E-state index in [1.807, 2.05) is 0 Å². The molecule has 114 valence electrons. The Kier molecular flexibility index (Phi) is 3.84. The summed E-state index contributed by atoms with van der Waals surface area (Å²) in [6.07, 6.45) is 5.27. The van der Waals surface area contributed by atoms with Gasteiger partial charge in [-0.25, -0.2) is 9.59 Å². The van der Waals surface area contributed by atoms with Crippen molar-refractivity contribution in [2.75, 3.05) is 0 Å². The molecule has 3 rings (SSSR count). The van der Waals surface area contributed by atoms with E-state index in [0.29, 0.717) is 22.6 Å². The third-order valence-corrected chi connectivity index (χ3v) is 4.00. The zero-order chi connectivity index (χ0) is 15.7. The van der Waals surface area contributed by atoms with Crippen LogP contribution < -0.4 is 9.47 Å². The summed E-state index contributed by atoms with van der Waals surface area (Å²) in [7, 11) is 0. The van der Waals surface area contributed by atoms with E-state index in [-0.39, 0.29) is 5.97 Å². The summed E-state index contributed by atoms with van der Waals surface area (Å²) >= 11 is 0. The van der Waals surface area contributed by atoms with E-state index < -0.39 is 5.97 Å². The minimum Gasteiger partial charge on any atom is -0.423 e. The van der Waals surface area contributed by atoms with Crippen molar-refractivity contribution in [3.8, 4) is 11.5 Å². The summed E-state index contributed by atoms with van der Waals surface area (Å²) in [4.78, 5) is 23.8. The topological polar surface area (TPSA) is 52.6 Å². The van der Waals surface area contributed by atoms with Crippen molar-refractivity contribution in [3.63, 3.8) is 0 Å². The van der Waals surface area contributed by atoms with Gasteiger partial charge in [0.15, 0.2) is 0 Å². The molecule has 4 nitrogen and oxygen atoms in total. The average molecular weight is 298 g/mol. The predicted octanol–water partition coefficient (Wildman–Crippen LogP) is 3.80. The van der Waals surface area contributed by atoms with Gasteiger partial charge in [0.05, 0.1) is 5.57 Å². The number of carbonyl (C=O) groups excluding carboxylic acids is 2. The van der Waals surface area contributed by atoms with E-state index in [9.17, 15) is 9.59 Å². The molecule has 1 aromatic rings. The van der Waals surface area contributed by atoms with Crippen LogP contribution in [0.3, 0.4) is 0 Å². The Morgan fingerprint density at radius 3 is 2.64 bits per heavy atom. The molecule has 1 aliphatic heterocycles. The first kappa shape index (κ1) is 14.6. The van der Waals surface area contributed by atoms with E-state index in [1.54, 1.807) is 25.1 Å². The van der Waals surface area contributed by atoms with Gasteiger partial charge >= 0.3 is 11.9 Å². The number of hydrogen-bond acceptors (Lipinski definition) is 4. The van der Waals surface area contributed by atoms with Crippen LogP contribution in [-0.4, -0.2) is 11.9 Å². The summed E-state index contributed by atoms with van der Waals surface area (Å²) in [6, 6.07) is 5.00. The Labute approximate surface area is 129 Å². The molecule has 0 unspecified atom stereocenters. The van der Waals surface area contributed by atoms with Gasteiger partial charge in [0.2, 0.25) is 0 Å². The van der Waals surface area contributed by atoms with Gasteiger partial charge in [0, 0.05) is 11.1 Å². The molecule has 0 radical (unpaired) electrons. The highest BCUT2D eigenvalue weighted by Crippen LogP contribution is 2.41. The van der Waals surface area contributed by atoms with Gasteiger partial charge in [-0.2, -0.15) is 0 Å². The maximum atomic E-state index is 12.2. The number of allylic oxidation sites excluding steroid dienone is 1. The predicted molar refractivity (Wildman–Crippen MR) is 82.5 cm³/mol. The van der Waals surface area contributed by atoms with Crippen LogP contribution in [0, 0.1) is 0 Å². The van der Waals surface area contributed by atoms with Crippen LogP contribution in [0.2, 0.25) is 0 Å². The molecule has 0 N–H and O–H groups in total. The molecule has 1 aliphatic carbocycles. The van der Waals surface area contributed by atoms with Gasteiger partial charge in [-0.1, -0.05) is 18.6 Å². The molecule has 0 aromatic heterocycles. The number of ether oxygens (including phenoxy) is 2. The van der Waals surface area contributed by atoms with Gasteiger partial charge in [0.25, 0.3) is 0 Å². The number of hydrogen-bond donors (Lipinski definition) is 0. The fourth-order valence-electron chi connectivity index (χ4n) is 2.88. The molecule has 22 heavy (non-hydrogen) atoms. The summed E-state index contributed by atoms with van der Waals surface area (Å²) in [5, 5.41) is 0. The monoisotopic (exact) mass is 298 g/mol. The quantitative estimate of drug-likeness (QED) is 0.473. The molecule has 0 saturated heterocycles. The largest absolute Gasteiger partial charge is 0.423 e. The SMILES string of the molecule is C=C(C)C(=O)Oc1ccc2c(c1)C(=C1CCCCC1)C(=O)O2. The molecular weight excluding hydrogens is 280 g/mol. The van der Waals surface area contributed by atoms with E-state index in [2.05, 4.69) is 6.58 Å². The van der Waals surface area contributed by atoms with Gasteiger partial charge < -0.3 is 9.47 Å². The molecule has 0 spiro atoms. The number of benzene rings is 1. The second-order valence-corrected chi connectivity index (χ2v) is 5.76. The second-order valence-electron chi connectivity index (χ2n) is 5.76. The minimum absolute atomic E-state index is 0.296. The van der Waals surface area contributed by atoms with Gasteiger partial charge in [-0.3, -0.25) is 0 Å². The Hall–Kier alpha value is -2.36. The molecule has 1 saturated carbocycles. The standard InChI is InChI=1S/C18H18O4/c1-11(2)17(19)21-13-8-9-15-14(10-13)16(18(20)22-15)12-6-4-3-5-7-12/h8-10H,1,3-7H2,2H3. The summed E-state index contributed by atoms with van der Waals surface area (Å²) in [5.74, 6) is 0.166. The number of fused-ring (bicyclic) bond motifs is 1. The molecule has 1 aromatic carbocycles. The Morgan fingerprint density at radius 1 is 1.23 bits per heavy atom. The second kappa shape index (κ2) is 5.79. The first-order chi connectivity index (χ1) is 10.6. The van der Waals surface area contributed by atoms with Crippen LogP contribution in [0.5, 0.6) is 11.5 Å². The van der Waals surface area contributed by atoms with Crippen LogP contribution in [0.25, 0.3) is 5.57 Å². The fourth-order valence-corrected chi connectivity index (χ4v) is 2.88. The molecule has 4 heteroatoms. The first-order valence-electron chi connectivity index (χ1n) is 7.52. The third kappa shape index (κ3) is 2.69. The summed E-state index contributed by atoms with van der Waals surface area (Å²) in [6.45, 7) is 5.16. The average Bonchev–Trinajstić information content (AvgIpc) is 2.83. The van der Waals surface area contributed by atoms with Crippen molar-refractivity contribution in [2.24, 2.45) is 0 Å². The molecule has 0 bridgehead atoms. The van der Waals surface area contributed by atoms with Crippen LogP contribution in [0.1, 0.15) is 44.6 Å². The van der Waals surface area contributed by atoms with Crippen molar-refractivity contribution < 1.29 is 19.1 Å². The minimum atomic E-state index is -0.475. The lowest BCUT2D eigenvalue weighted by atomic mass is 9.89. The summed E-state index contributed by atoms with van der Waals surface area (Å²) in [5.41, 5.74) is 2.87. The lowest BCUT2D eigenvalue weighted by Crippen LogP contribution is -2.08. The Balaban J connectivity index is 1.97. The van der Waals surface area contributed by atoms with Crippen LogP contribution in [0.4, 0.5) is 0 Å². The Bertz CT molecular complexity index is 689. The van der Waals surface area contributed by atoms with E-state index in [1.165, 1.54) is 6.42 Å². The number of carbonyl (C=O) groups is 2. The van der Waals surface area contributed by atoms with E-state index in [4.69, 9.17) is 9.47 Å².